The third-order valence-corrected chi connectivity index (χ3v) is 5.07. The van der Waals surface area contributed by atoms with Crippen LogP contribution in [0.15, 0.2) is 47.3 Å². The summed E-state index contributed by atoms with van der Waals surface area (Å²) in [6.45, 7) is 4.15. The molecule has 5 nitrogen and oxygen atoms in total. The molecule has 2 aromatic carbocycles. The normalized spacial score (nSPS) is 13.5. The van der Waals surface area contributed by atoms with Gasteiger partial charge in [-0.2, -0.15) is 0 Å². The molecule has 28 heavy (non-hydrogen) atoms. The van der Waals surface area contributed by atoms with Gasteiger partial charge in [-0.25, -0.2) is 9.18 Å². The summed E-state index contributed by atoms with van der Waals surface area (Å²) in [6.07, 6.45) is 1.77. The standard InChI is InChI=1S/C22H22FN3O2/c1-13-9-14(2)20-15(10-13)11-16(21(27)25-20)12-26(17-7-8-17)22(28)24-19-6-4-3-5-18(19)23/h3-6,9-11,17H,7-8,12H2,1-2H3,(H,24,28)(H,25,27). The van der Waals surface area contributed by atoms with Gasteiger partial charge in [0, 0.05) is 11.6 Å². The third kappa shape index (κ3) is 3.63. The van der Waals surface area contributed by atoms with E-state index >= 15 is 0 Å². The molecule has 0 radical (unpaired) electrons. The Hall–Kier alpha value is -3.15. The maximum absolute atomic E-state index is 13.9. The van der Waals surface area contributed by atoms with Crippen molar-refractivity contribution in [3.05, 3.63) is 75.3 Å². The number of aromatic nitrogens is 1. The number of aromatic amines is 1. The molecule has 0 atom stereocenters. The van der Waals surface area contributed by atoms with Gasteiger partial charge in [0.05, 0.1) is 17.7 Å². The summed E-state index contributed by atoms with van der Waals surface area (Å²) < 4.78 is 13.9. The number of fused-ring (bicyclic) bond motifs is 1. The van der Waals surface area contributed by atoms with Gasteiger partial charge in [-0.05, 0) is 61.9 Å². The SMILES string of the molecule is Cc1cc(C)c2[nH]c(=O)c(CN(C(=O)Nc3ccccc3F)C3CC3)cc2c1. The lowest BCUT2D eigenvalue weighted by Crippen LogP contribution is -2.38. The van der Waals surface area contributed by atoms with E-state index < -0.39 is 11.8 Å². The predicted molar refractivity (Wildman–Crippen MR) is 108 cm³/mol. The molecular weight excluding hydrogens is 357 g/mol. The van der Waals surface area contributed by atoms with E-state index in [4.69, 9.17) is 0 Å². The minimum Gasteiger partial charge on any atom is -0.321 e. The molecule has 4 rings (SSSR count). The highest BCUT2D eigenvalue weighted by molar-refractivity contribution is 5.90. The summed E-state index contributed by atoms with van der Waals surface area (Å²) in [5.41, 5.74) is 3.39. The summed E-state index contributed by atoms with van der Waals surface area (Å²) >= 11 is 0. The number of urea groups is 1. The molecule has 0 bridgehead atoms. The van der Waals surface area contributed by atoms with Gasteiger partial charge in [0.1, 0.15) is 5.82 Å². The van der Waals surface area contributed by atoms with Gasteiger partial charge in [-0.15, -0.1) is 0 Å². The molecule has 0 aliphatic heterocycles. The largest absolute Gasteiger partial charge is 0.322 e. The predicted octanol–water partition coefficient (Wildman–Crippen LogP) is 4.48. The number of nitrogens with zero attached hydrogens (tertiary/aromatic N) is 1. The highest BCUT2D eigenvalue weighted by Crippen LogP contribution is 2.29. The van der Waals surface area contributed by atoms with Crippen LogP contribution in [0.3, 0.4) is 0 Å². The molecule has 0 unspecified atom stereocenters. The fourth-order valence-electron chi connectivity index (χ4n) is 3.54. The zero-order valence-corrected chi connectivity index (χ0v) is 15.9. The van der Waals surface area contributed by atoms with Crippen molar-refractivity contribution in [3.8, 4) is 0 Å². The molecule has 2 N–H and O–H groups in total. The Balaban J connectivity index is 1.63. The molecule has 0 saturated heterocycles. The fourth-order valence-corrected chi connectivity index (χ4v) is 3.54. The Labute approximate surface area is 162 Å². The molecule has 1 heterocycles. The van der Waals surface area contributed by atoms with E-state index in [2.05, 4.69) is 10.3 Å². The molecule has 3 aromatic rings. The first-order valence-corrected chi connectivity index (χ1v) is 9.37. The maximum atomic E-state index is 13.9. The average Bonchev–Trinajstić information content (AvgIpc) is 3.47. The second-order valence-corrected chi connectivity index (χ2v) is 7.44. The van der Waals surface area contributed by atoms with Crippen LogP contribution in [-0.4, -0.2) is 22.0 Å². The Morgan fingerprint density at radius 2 is 1.96 bits per heavy atom. The Kier molecular flexibility index (Phi) is 4.63. The van der Waals surface area contributed by atoms with E-state index in [1.54, 1.807) is 17.0 Å². The summed E-state index contributed by atoms with van der Waals surface area (Å²) in [5.74, 6) is -0.485. The first-order valence-electron chi connectivity index (χ1n) is 9.37. The van der Waals surface area contributed by atoms with Gasteiger partial charge in [0.15, 0.2) is 0 Å². The van der Waals surface area contributed by atoms with Crippen molar-refractivity contribution in [1.29, 1.82) is 0 Å². The lowest BCUT2D eigenvalue weighted by atomic mass is 10.1. The van der Waals surface area contributed by atoms with Gasteiger partial charge in [0.2, 0.25) is 0 Å². The molecule has 0 spiro atoms. The van der Waals surface area contributed by atoms with Crippen LogP contribution in [0.2, 0.25) is 0 Å². The summed E-state index contributed by atoms with van der Waals surface area (Å²) in [5, 5.41) is 3.57. The number of carbonyl (C=O) groups excluding carboxylic acids is 1. The number of carbonyl (C=O) groups is 1. The van der Waals surface area contributed by atoms with Crippen molar-refractivity contribution in [1.82, 2.24) is 9.88 Å². The Morgan fingerprint density at radius 1 is 1.21 bits per heavy atom. The van der Waals surface area contributed by atoms with Crippen molar-refractivity contribution in [2.45, 2.75) is 39.3 Å². The van der Waals surface area contributed by atoms with Gasteiger partial charge < -0.3 is 15.2 Å². The van der Waals surface area contributed by atoms with Crippen LogP contribution in [-0.2, 0) is 6.54 Å². The van der Waals surface area contributed by atoms with Crippen LogP contribution in [0.1, 0.15) is 29.5 Å². The van der Waals surface area contributed by atoms with Gasteiger partial charge in [0.25, 0.3) is 5.56 Å². The van der Waals surface area contributed by atoms with Crippen LogP contribution in [0.25, 0.3) is 10.9 Å². The second kappa shape index (κ2) is 7.11. The van der Waals surface area contributed by atoms with Gasteiger partial charge in [-0.1, -0.05) is 23.8 Å². The summed E-state index contributed by atoms with van der Waals surface area (Å²) in [7, 11) is 0. The van der Waals surface area contributed by atoms with E-state index in [0.717, 1.165) is 34.9 Å². The lowest BCUT2D eigenvalue weighted by molar-refractivity contribution is 0.206. The number of anilines is 1. The topological polar surface area (TPSA) is 65.2 Å². The molecule has 144 valence electrons. The number of amides is 2. The smallest absolute Gasteiger partial charge is 0.321 e. The van der Waals surface area contributed by atoms with E-state index in [9.17, 15) is 14.0 Å². The van der Waals surface area contributed by atoms with Crippen LogP contribution < -0.4 is 10.9 Å². The number of hydrogen-bond donors (Lipinski definition) is 2. The lowest BCUT2D eigenvalue weighted by Gasteiger charge is -2.23. The number of aryl methyl sites for hydroxylation is 2. The highest BCUT2D eigenvalue weighted by atomic mass is 19.1. The van der Waals surface area contributed by atoms with Gasteiger partial charge in [-0.3, -0.25) is 4.79 Å². The van der Waals surface area contributed by atoms with E-state index in [-0.39, 0.29) is 23.8 Å². The molecule has 1 aliphatic rings. The quantitative estimate of drug-likeness (QED) is 0.702. The fraction of sp³-hybridized carbons (Fsp3) is 0.273. The zero-order chi connectivity index (χ0) is 19.8. The number of hydrogen-bond acceptors (Lipinski definition) is 2. The molecule has 6 heteroatoms. The first kappa shape index (κ1) is 18.2. The number of halogens is 1. The number of H-pyrrole nitrogens is 1. The average molecular weight is 379 g/mol. The minimum absolute atomic E-state index is 0.0705. The van der Waals surface area contributed by atoms with Crippen molar-refractivity contribution in [2.24, 2.45) is 0 Å². The molecule has 2 amide bonds. The summed E-state index contributed by atoms with van der Waals surface area (Å²) in [4.78, 5) is 29.9. The van der Waals surface area contributed by atoms with Gasteiger partial charge >= 0.3 is 6.03 Å². The van der Waals surface area contributed by atoms with Crippen LogP contribution in [0, 0.1) is 19.7 Å². The maximum Gasteiger partial charge on any atom is 0.322 e. The number of nitrogens with one attached hydrogen (secondary N) is 2. The van der Waals surface area contributed by atoms with Crippen LogP contribution in [0.5, 0.6) is 0 Å². The third-order valence-electron chi connectivity index (χ3n) is 5.07. The summed E-state index contributed by atoms with van der Waals surface area (Å²) in [6, 6.07) is 11.6. The molecule has 1 fully saturated rings. The van der Waals surface area contributed by atoms with Crippen molar-refractivity contribution >= 4 is 22.6 Å². The number of rotatable bonds is 4. The minimum atomic E-state index is -0.485. The number of benzene rings is 2. The van der Waals surface area contributed by atoms with Crippen molar-refractivity contribution < 1.29 is 9.18 Å². The Bertz CT molecular complexity index is 1120. The highest BCUT2D eigenvalue weighted by Gasteiger charge is 2.33. The van der Waals surface area contributed by atoms with Crippen molar-refractivity contribution in [3.63, 3.8) is 0 Å². The monoisotopic (exact) mass is 379 g/mol. The molecular formula is C22H22FN3O2. The molecule has 1 aromatic heterocycles. The second-order valence-electron chi connectivity index (χ2n) is 7.44. The van der Waals surface area contributed by atoms with Crippen LogP contribution in [0.4, 0.5) is 14.9 Å². The Morgan fingerprint density at radius 3 is 2.68 bits per heavy atom. The zero-order valence-electron chi connectivity index (χ0n) is 15.9. The van der Waals surface area contributed by atoms with E-state index in [0.29, 0.717) is 5.56 Å². The number of para-hydroxylation sites is 1. The number of pyridine rings is 1. The van der Waals surface area contributed by atoms with E-state index in [1.807, 2.05) is 32.0 Å². The van der Waals surface area contributed by atoms with Crippen molar-refractivity contribution in [2.75, 3.05) is 5.32 Å². The first-order chi connectivity index (χ1) is 13.4. The van der Waals surface area contributed by atoms with Crippen LogP contribution >= 0.6 is 0 Å². The van der Waals surface area contributed by atoms with E-state index in [1.165, 1.54) is 12.1 Å². The molecule has 1 saturated carbocycles. The molecule has 1 aliphatic carbocycles.